The van der Waals surface area contributed by atoms with E-state index in [1.165, 1.54) is 11.7 Å². The Balaban J connectivity index is 0. The minimum atomic E-state index is -0.417. The first-order chi connectivity index (χ1) is 7.98. The van der Waals surface area contributed by atoms with E-state index >= 15 is 0 Å². The van der Waals surface area contributed by atoms with Crippen LogP contribution in [0.2, 0.25) is 3.12 Å². The van der Waals surface area contributed by atoms with Crippen molar-refractivity contribution in [2.45, 2.75) is 20.6 Å². The maximum atomic E-state index is 2.50. The first kappa shape index (κ1) is 23.4. The van der Waals surface area contributed by atoms with Crippen LogP contribution in [0.5, 0.6) is 0 Å². The maximum absolute atomic E-state index is 2.50. The first-order valence-electron chi connectivity index (χ1n) is 6.17. The van der Waals surface area contributed by atoms with Crippen molar-refractivity contribution in [3.63, 3.8) is 0 Å². The summed E-state index contributed by atoms with van der Waals surface area (Å²) in [6.45, 7) is 9.82. The van der Waals surface area contributed by atoms with Crippen LogP contribution in [0.4, 0.5) is 0 Å². The normalized spacial score (nSPS) is 15.6. The molecule has 0 N–H and O–H groups in total. The average molecular weight is 430 g/mol. The molecule has 0 aromatic heterocycles. The molecule has 1 aromatic carbocycles. The second kappa shape index (κ2) is 10.0. The van der Waals surface area contributed by atoms with E-state index in [9.17, 15) is 0 Å². The summed E-state index contributed by atoms with van der Waals surface area (Å²) in [5.41, 5.74) is 3.06. The molecule has 20 heavy (non-hydrogen) atoms. The van der Waals surface area contributed by atoms with Crippen LogP contribution in [0, 0.1) is 0 Å². The molecular formula is C15H21Cl3PZr. The van der Waals surface area contributed by atoms with Crippen LogP contribution in [-0.2, 0) is 23.2 Å². The Morgan fingerprint density at radius 3 is 2.30 bits per heavy atom. The van der Waals surface area contributed by atoms with Gasteiger partial charge in [-0.25, -0.2) is 0 Å². The van der Waals surface area contributed by atoms with E-state index in [2.05, 4.69) is 63.6 Å². The summed E-state index contributed by atoms with van der Waals surface area (Å²) in [5, 5.41) is 0. The van der Waals surface area contributed by atoms with Crippen molar-refractivity contribution >= 4 is 14.0 Å². The third-order valence-corrected chi connectivity index (χ3v) is 9.57. The molecule has 5 heteroatoms. The monoisotopic (exact) mass is 427 g/mol. The van der Waals surface area contributed by atoms with Crippen LogP contribution in [-0.4, -0.2) is 19.5 Å². The first-order valence-corrected chi connectivity index (χ1v) is 11.2. The molecule has 0 amide bonds. The summed E-state index contributed by atoms with van der Waals surface area (Å²) in [7, 11) is 0.242. The van der Waals surface area contributed by atoms with E-state index in [-0.39, 0.29) is 45.1 Å². The third kappa shape index (κ3) is 6.50. The van der Waals surface area contributed by atoms with Gasteiger partial charge in [0.05, 0.1) is 0 Å². The number of hydrogen-bond acceptors (Lipinski definition) is 0. The Kier molecular flexibility index (Phi) is 11.7. The molecule has 0 bridgehead atoms. The zero-order chi connectivity index (χ0) is 12.5. The molecule has 0 saturated carbocycles. The van der Waals surface area contributed by atoms with Crippen molar-refractivity contribution in [2.24, 2.45) is 0 Å². The molecule has 0 nitrogen and oxygen atoms in total. The van der Waals surface area contributed by atoms with Gasteiger partial charge in [-0.2, -0.15) is 0 Å². The van der Waals surface area contributed by atoms with Crippen LogP contribution in [0.1, 0.15) is 28.6 Å². The van der Waals surface area contributed by atoms with Gasteiger partial charge in [-0.3, -0.25) is 0 Å². The van der Waals surface area contributed by atoms with Crippen LogP contribution in [0.15, 0.2) is 30.3 Å². The largest absolute Gasteiger partial charge is 1.00 e. The topological polar surface area (TPSA) is 0 Å². The summed E-state index contributed by atoms with van der Waals surface area (Å²) in [5.74, 6) is 0. The summed E-state index contributed by atoms with van der Waals surface area (Å²) in [6.07, 6.45) is 6.24. The predicted octanol–water partition coefficient (Wildman–Crippen LogP) is -4.21. The van der Waals surface area contributed by atoms with E-state index < -0.39 is 23.2 Å². The minimum Gasteiger partial charge on any atom is -1.00 e. The van der Waals surface area contributed by atoms with Crippen LogP contribution in [0.25, 0.3) is 6.08 Å². The van der Waals surface area contributed by atoms with Crippen molar-refractivity contribution < 1.29 is 60.5 Å². The van der Waals surface area contributed by atoms with Gasteiger partial charge in [0.15, 0.2) is 0 Å². The van der Waals surface area contributed by atoms with Gasteiger partial charge in [0.1, 0.15) is 0 Å². The van der Waals surface area contributed by atoms with Crippen LogP contribution in [0.3, 0.4) is 0 Å². The molecule has 1 aliphatic rings. The average Bonchev–Trinajstić information content (AvgIpc) is 2.59. The van der Waals surface area contributed by atoms with Crippen molar-refractivity contribution in [2.75, 3.05) is 19.5 Å². The smallest absolute Gasteiger partial charge is 1.00 e. The molecule has 1 atom stereocenters. The molecule has 0 aliphatic heterocycles. The van der Waals surface area contributed by atoms with Gasteiger partial charge in [-0.15, -0.1) is 0 Å². The number of hydrogen-bond donors (Lipinski definition) is 0. The molecule has 1 aromatic rings. The van der Waals surface area contributed by atoms with Gasteiger partial charge in [-0.1, -0.05) is 0 Å². The Morgan fingerprint density at radius 2 is 1.70 bits per heavy atom. The van der Waals surface area contributed by atoms with Crippen molar-refractivity contribution in [1.29, 1.82) is 0 Å². The Hall–Kier alpha value is 1.14. The number of allylic oxidation sites excluding steroid dienone is 1. The van der Waals surface area contributed by atoms with Crippen LogP contribution < -0.4 is 37.2 Å². The molecular weight excluding hydrogens is 409 g/mol. The number of halogens is 3. The molecule has 0 spiro atoms. The van der Waals surface area contributed by atoms with Crippen molar-refractivity contribution in [3.05, 3.63) is 41.5 Å². The van der Waals surface area contributed by atoms with Gasteiger partial charge >= 0.3 is 119 Å². The Labute approximate surface area is 155 Å². The van der Waals surface area contributed by atoms with E-state index in [0.717, 1.165) is 3.63 Å². The standard InChI is InChI=1S/C9H7.C6H14P.3ClH.Zr/c1-2-5-9-7-3-6-8(9)4-1;1-6(2)5-7(3)4;;;;/h1-7H;5H2,1-4H3;3*1H;/q;;;;;+3/p-3. The third-order valence-electron chi connectivity index (χ3n) is 3.06. The molecule has 0 radical (unpaired) electrons. The Bertz CT molecular complexity index is 433. The molecule has 111 valence electrons. The Morgan fingerprint density at radius 1 is 1.10 bits per heavy atom. The fourth-order valence-corrected chi connectivity index (χ4v) is 10.9. The molecule has 1 aliphatic carbocycles. The number of rotatable bonds is 4. The SMILES string of the molecule is CP(C)C[C](C)(C)[Zr+3][CH]1C=Cc2ccccc21.[Cl-].[Cl-].[Cl-]. The predicted molar refractivity (Wildman–Crippen MR) is 75.9 cm³/mol. The summed E-state index contributed by atoms with van der Waals surface area (Å²) in [4.78, 5) is 0. The zero-order valence-electron chi connectivity index (χ0n) is 12.3. The zero-order valence-corrected chi connectivity index (χ0v) is 17.9. The second-order valence-corrected chi connectivity index (χ2v) is 13.8. The van der Waals surface area contributed by atoms with Crippen molar-refractivity contribution in [3.8, 4) is 0 Å². The van der Waals surface area contributed by atoms with E-state index in [1.807, 2.05) is 0 Å². The van der Waals surface area contributed by atoms with Crippen LogP contribution >= 0.6 is 7.92 Å². The number of benzene rings is 1. The number of fused-ring (bicyclic) bond motifs is 1. The van der Waals surface area contributed by atoms with E-state index in [0.29, 0.717) is 3.12 Å². The maximum Gasteiger partial charge on any atom is -1.00 e. The fourth-order valence-electron chi connectivity index (χ4n) is 2.63. The molecule has 0 heterocycles. The summed E-state index contributed by atoms with van der Waals surface area (Å²) < 4.78 is 1.44. The van der Waals surface area contributed by atoms with Crippen molar-refractivity contribution in [1.82, 2.24) is 0 Å². The van der Waals surface area contributed by atoms with Gasteiger partial charge < -0.3 is 37.2 Å². The summed E-state index contributed by atoms with van der Waals surface area (Å²) in [6, 6.07) is 8.93. The van der Waals surface area contributed by atoms with E-state index in [1.54, 1.807) is 5.56 Å². The van der Waals surface area contributed by atoms with Gasteiger partial charge in [0, 0.05) is 0 Å². The summed E-state index contributed by atoms with van der Waals surface area (Å²) >= 11 is -0.417. The second-order valence-electron chi connectivity index (χ2n) is 5.73. The van der Waals surface area contributed by atoms with Gasteiger partial charge in [-0.05, 0) is 0 Å². The van der Waals surface area contributed by atoms with E-state index in [4.69, 9.17) is 0 Å². The minimum absolute atomic E-state index is 0. The quantitative estimate of drug-likeness (QED) is 0.426. The molecule has 0 saturated heterocycles. The molecule has 2 rings (SSSR count). The molecule has 0 fully saturated rings. The van der Waals surface area contributed by atoms with Gasteiger partial charge in [0.25, 0.3) is 0 Å². The fraction of sp³-hybridized carbons (Fsp3) is 0.467. The molecule has 1 unspecified atom stereocenters. The van der Waals surface area contributed by atoms with Gasteiger partial charge in [0.2, 0.25) is 0 Å².